The third-order valence-corrected chi connectivity index (χ3v) is 3.13. The predicted octanol–water partition coefficient (Wildman–Crippen LogP) is 4.64. The van der Waals surface area contributed by atoms with Gasteiger partial charge in [0.05, 0.1) is 6.61 Å². The van der Waals surface area contributed by atoms with E-state index in [1.807, 2.05) is 12.1 Å². The molecule has 0 unspecified atom stereocenters. The van der Waals surface area contributed by atoms with Crippen molar-refractivity contribution in [2.75, 3.05) is 11.9 Å². The summed E-state index contributed by atoms with van der Waals surface area (Å²) in [5.74, 6) is 1.50. The van der Waals surface area contributed by atoms with Crippen molar-refractivity contribution in [2.24, 2.45) is 5.92 Å². The first kappa shape index (κ1) is 14.4. The lowest BCUT2D eigenvalue weighted by molar-refractivity contribution is 0.271. The zero-order valence-electron chi connectivity index (χ0n) is 12.5. The molecule has 0 aliphatic carbocycles. The van der Waals surface area contributed by atoms with E-state index in [0.717, 1.165) is 18.9 Å². The summed E-state index contributed by atoms with van der Waals surface area (Å²) in [5, 5.41) is 3.46. The highest BCUT2D eigenvalue weighted by molar-refractivity contribution is 5.50. The molecule has 0 fully saturated rings. The minimum Gasteiger partial charge on any atom is -0.493 e. The molecule has 2 aromatic rings. The molecule has 0 aromatic heterocycles. The molecule has 20 heavy (non-hydrogen) atoms. The minimum absolute atomic E-state index is 0.553. The Balaban J connectivity index is 1.89. The van der Waals surface area contributed by atoms with E-state index in [9.17, 15) is 0 Å². The van der Waals surface area contributed by atoms with Crippen LogP contribution in [-0.2, 0) is 6.54 Å². The van der Waals surface area contributed by atoms with Gasteiger partial charge in [-0.25, -0.2) is 0 Å². The second kappa shape index (κ2) is 6.99. The summed E-state index contributed by atoms with van der Waals surface area (Å²) in [6.07, 6.45) is 0. The maximum atomic E-state index is 5.68. The monoisotopic (exact) mass is 269 g/mol. The van der Waals surface area contributed by atoms with Crippen molar-refractivity contribution in [1.29, 1.82) is 0 Å². The van der Waals surface area contributed by atoms with Crippen LogP contribution in [0.3, 0.4) is 0 Å². The molecule has 0 amide bonds. The molecule has 0 aliphatic heterocycles. The van der Waals surface area contributed by atoms with Crippen LogP contribution in [0, 0.1) is 12.8 Å². The van der Waals surface area contributed by atoms with Crippen molar-refractivity contribution in [1.82, 2.24) is 0 Å². The Morgan fingerprint density at radius 1 is 1.00 bits per heavy atom. The Hall–Kier alpha value is -1.96. The van der Waals surface area contributed by atoms with Crippen molar-refractivity contribution in [3.8, 4) is 5.75 Å². The molecule has 0 aliphatic rings. The fourth-order valence-electron chi connectivity index (χ4n) is 1.93. The molecule has 0 heterocycles. The molecular weight excluding hydrogens is 246 g/mol. The van der Waals surface area contributed by atoms with Gasteiger partial charge in [-0.2, -0.15) is 0 Å². The molecule has 0 spiro atoms. The molecule has 0 radical (unpaired) electrons. The van der Waals surface area contributed by atoms with Crippen molar-refractivity contribution in [2.45, 2.75) is 27.3 Å². The van der Waals surface area contributed by atoms with Crippen molar-refractivity contribution in [3.05, 3.63) is 59.7 Å². The van der Waals surface area contributed by atoms with Crippen LogP contribution in [0.15, 0.2) is 48.5 Å². The number of para-hydroxylation sites is 1. The van der Waals surface area contributed by atoms with Gasteiger partial charge in [-0.1, -0.05) is 44.2 Å². The summed E-state index contributed by atoms with van der Waals surface area (Å²) in [7, 11) is 0. The maximum Gasteiger partial charge on any atom is 0.119 e. The Labute approximate surface area is 121 Å². The van der Waals surface area contributed by atoms with Gasteiger partial charge in [0, 0.05) is 12.2 Å². The van der Waals surface area contributed by atoms with E-state index in [1.165, 1.54) is 16.8 Å². The first-order valence-electron chi connectivity index (χ1n) is 7.16. The van der Waals surface area contributed by atoms with Gasteiger partial charge in [0.15, 0.2) is 0 Å². The second-order valence-corrected chi connectivity index (χ2v) is 5.52. The highest BCUT2D eigenvalue weighted by Crippen LogP contribution is 2.17. The van der Waals surface area contributed by atoms with Gasteiger partial charge in [0.25, 0.3) is 0 Å². The average molecular weight is 269 g/mol. The van der Waals surface area contributed by atoms with Crippen molar-refractivity contribution >= 4 is 5.69 Å². The first-order valence-corrected chi connectivity index (χ1v) is 7.16. The quantitative estimate of drug-likeness (QED) is 0.824. The van der Waals surface area contributed by atoms with E-state index in [2.05, 4.69) is 62.5 Å². The number of ether oxygens (including phenoxy) is 1. The maximum absolute atomic E-state index is 5.68. The molecule has 2 rings (SSSR count). The normalized spacial score (nSPS) is 10.6. The lowest BCUT2D eigenvalue weighted by atomic mass is 10.1. The molecular formula is C18H23NO. The smallest absolute Gasteiger partial charge is 0.119 e. The highest BCUT2D eigenvalue weighted by Gasteiger charge is 1.99. The Bertz CT molecular complexity index is 531. The van der Waals surface area contributed by atoms with Crippen LogP contribution in [0.2, 0.25) is 0 Å². The van der Waals surface area contributed by atoms with Crippen molar-refractivity contribution < 1.29 is 4.74 Å². The van der Waals surface area contributed by atoms with Crippen LogP contribution < -0.4 is 10.1 Å². The summed E-state index contributed by atoms with van der Waals surface area (Å²) >= 11 is 0. The zero-order chi connectivity index (χ0) is 14.4. The number of rotatable bonds is 6. The Kier molecular flexibility index (Phi) is 5.05. The van der Waals surface area contributed by atoms with E-state index in [-0.39, 0.29) is 0 Å². The van der Waals surface area contributed by atoms with Crippen LogP contribution in [0.1, 0.15) is 25.0 Å². The summed E-state index contributed by atoms with van der Waals surface area (Å²) < 4.78 is 5.68. The Morgan fingerprint density at radius 3 is 2.35 bits per heavy atom. The molecule has 106 valence electrons. The van der Waals surface area contributed by atoms with E-state index >= 15 is 0 Å². The summed E-state index contributed by atoms with van der Waals surface area (Å²) in [4.78, 5) is 0. The average Bonchev–Trinajstić information content (AvgIpc) is 2.45. The summed E-state index contributed by atoms with van der Waals surface area (Å²) in [6.45, 7) is 8.02. The fourth-order valence-corrected chi connectivity index (χ4v) is 1.93. The number of nitrogens with one attached hydrogen (secondary N) is 1. The van der Waals surface area contributed by atoms with Gasteiger partial charge in [-0.15, -0.1) is 0 Å². The van der Waals surface area contributed by atoms with Gasteiger partial charge < -0.3 is 10.1 Å². The standard InChI is InChI=1S/C18H23NO/c1-14(2)13-20-17-10-8-16(9-11-17)12-19-18-7-5-4-6-15(18)3/h4-11,14,19H,12-13H2,1-3H3. The summed E-state index contributed by atoms with van der Waals surface area (Å²) in [5.41, 5.74) is 3.71. The molecule has 1 N–H and O–H groups in total. The van der Waals surface area contributed by atoms with E-state index in [0.29, 0.717) is 5.92 Å². The third-order valence-electron chi connectivity index (χ3n) is 3.13. The lowest BCUT2D eigenvalue weighted by Gasteiger charge is -2.11. The fraction of sp³-hybridized carbons (Fsp3) is 0.333. The molecule has 2 heteroatoms. The number of aryl methyl sites for hydroxylation is 1. The Morgan fingerprint density at radius 2 is 1.70 bits per heavy atom. The van der Waals surface area contributed by atoms with E-state index in [4.69, 9.17) is 4.74 Å². The molecule has 2 aromatic carbocycles. The molecule has 0 atom stereocenters. The molecule has 0 saturated heterocycles. The van der Waals surface area contributed by atoms with Gasteiger partial charge in [0.1, 0.15) is 5.75 Å². The largest absolute Gasteiger partial charge is 0.493 e. The van der Waals surface area contributed by atoms with Crippen LogP contribution in [0.5, 0.6) is 5.75 Å². The second-order valence-electron chi connectivity index (χ2n) is 5.52. The molecule has 0 saturated carbocycles. The lowest BCUT2D eigenvalue weighted by Crippen LogP contribution is -2.05. The number of hydrogen-bond acceptors (Lipinski definition) is 2. The van der Waals surface area contributed by atoms with E-state index < -0.39 is 0 Å². The van der Waals surface area contributed by atoms with Gasteiger partial charge in [0.2, 0.25) is 0 Å². The first-order chi connectivity index (χ1) is 9.65. The van der Waals surface area contributed by atoms with E-state index in [1.54, 1.807) is 0 Å². The van der Waals surface area contributed by atoms with Crippen LogP contribution in [0.4, 0.5) is 5.69 Å². The topological polar surface area (TPSA) is 21.3 Å². The minimum atomic E-state index is 0.553. The zero-order valence-corrected chi connectivity index (χ0v) is 12.5. The van der Waals surface area contributed by atoms with Crippen molar-refractivity contribution in [3.63, 3.8) is 0 Å². The van der Waals surface area contributed by atoms with Crippen LogP contribution in [-0.4, -0.2) is 6.61 Å². The highest BCUT2D eigenvalue weighted by atomic mass is 16.5. The van der Waals surface area contributed by atoms with Gasteiger partial charge >= 0.3 is 0 Å². The predicted molar refractivity (Wildman–Crippen MR) is 85.3 cm³/mol. The number of benzene rings is 2. The van der Waals surface area contributed by atoms with Crippen LogP contribution >= 0.6 is 0 Å². The number of hydrogen-bond donors (Lipinski definition) is 1. The number of anilines is 1. The van der Waals surface area contributed by atoms with Gasteiger partial charge in [-0.3, -0.25) is 0 Å². The van der Waals surface area contributed by atoms with Gasteiger partial charge in [-0.05, 0) is 42.2 Å². The molecule has 0 bridgehead atoms. The molecule has 2 nitrogen and oxygen atoms in total. The third kappa shape index (κ3) is 4.30. The summed E-state index contributed by atoms with van der Waals surface area (Å²) in [6, 6.07) is 16.6. The SMILES string of the molecule is Cc1ccccc1NCc1ccc(OCC(C)C)cc1. The van der Waals surface area contributed by atoms with Crippen LogP contribution in [0.25, 0.3) is 0 Å².